The number of hydrogen-bond acceptors (Lipinski definition) is 5. The first-order valence-corrected chi connectivity index (χ1v) is 4.43. The van der Waals surface area contributed by atoms with Crippen LogP contribution in [0.25, 0.3) is 10.4 Å². The van der Waals surface area contributed by atoms with E-state index in [2.05, 4.69) is 14.8 Å². The Kier molecular flexibility index (Phi) is 6.74. The van der Waals surface area contributed by atoms with Crippen LogP contribution in [0.3, 0.4) is 0 Å². The van der Waals surface area contributed by atoms with Gasteiger partial charge in [-0.2, -0.15) is 0 Å². The number of hydrogen-bond donors (Lipinski definition) is 0. The third kappa shape index (κ3) is 7.33. The minimum absolute atomic E-state index is 0.0745. The van der Waals surface area contributed by atoms with Gasteiger partial charge in [0.25, 0.3) is 0 Å². The lowest BCUT2D eigenvalue weighted by molar-refractivity contribution is -0.152. The first-order chi connectivity index (χ1) is 7.10. The summed E-state index contributed by atoms with van der Waals surface area (Å²) < 4.78 is 9.43. The van der Waals surface area contributed by atoms with Gasteiger partial charge < -0.3 is 9.47 Å². The maximum absolute atomic E-state index is 11.0. The second kappa shape index (κ2) is 7.64. The molecule has 15 heavy (non-hydrogen) atoms. The number of carbonyl (C=O) groups is 2. The number of nitrogens with zero attached hydrogens (tertiary/aromatic N) is 3. The highest BCUT2D eigenvalue weighted by Gasteiger charge is 2.16. The molecule has 0 fully saturated rings. The van der Waals surface area contributed by atoms with Crippen LogP contribution in [0.4, 0.5) is 0 Å². The molecule has 7 heteroatoms. The molecule has 0 bridgehead atoms. The van der Waals surface area contributed by atoms with Crippen molar-refractivity contribution in [3.05, 3.63) is 10.4 Å². The van der Waals surface area contributed by atoms with Crippen molar-refractivity contribution in [2.45, 2.75) is 26.4 Å². The highest BCUT2D eigenvalue weighted by molar-refractivity contribution is 5.71. The molecule has 0 heterocycles. The van der Waals surface area contributed by atoms with Crippen molar-refractivity contribution in [3.8, 4) is 0 Å². The molecule has 0 radical (unpaired) electrons. The quantitative estimate of drug-likeness (QED) is 0.287. The van der Waals surface area contributed by atoms with E-state index in [0.717, 1.165) is 0 Å². The van der Waals surface area contributed by atoms with Gasteiger partial charge in [-0.1, -0.05) is 5.11 Å². The number of carbonyl (C=O) groups excluding carboxylic acids is 2. The second-order valence-corrected chi connectivity index (χ2v) is 2.65. The lowest BCUT2D eigenvalue weighted by atomic mass is 10.2. The van der Waals surface area contributed by atoms with E-state index in [-0.39, 0.29) is 19.6 Å². The monoisotopic (exact) mass is 215 g/mol. The molecule has 1 atom stereocenters. The summed E-state index contributed by atoms with van der Waals surface area (Å²) in [6.07, 6.45) is -0.857. The summed E-state index contributed by atoms with van der Waals surface area (Å²) in [5.41, 5.74) is 8.09. The molecule has 0 rings (SSSR count). The van der Waals surface area contributed by atoms with Crippen LogP contribution < -0.4 is 0 Å². The van der Waals surface area contributed by atoms with Crippen LogP contribution in [0.2, 0.25) is 0 Å². The highest BCUT2D eigenvalue weighted by atomic mass is 16.6. The first-order valence-electron chi connectivity index (χ1n) is 4.43. The lowest BCUT2D eigenvalue weighted by Gasteiger charge is -2.13. The van der Waals surface area contributed by atoms with Gasteiger partial charge in [0.1, 0.15) is 6.10 Å². The van der Waals surface area contributed by atoms with Crippen molar-refractivity contribution >= 4 is 11.9 Å². The molecule has 0 unspecified atom stereocenters. The molecule has 0 aromatic heterocycles. The normalized spacial score (nSPS) is 11.1. The van der Waals surface area contributed by atoms with Crippen molar-refractivity contribution in [1.82, 2.24) is 0 Å². The smallest absolute Gasteiger partial charge is 0.309 e. The van der Waals surface area contributed by atoms with E-state index < -0.39 is 18.0 Å². The number of ether oxygens (including phenoxy) is 2. The zero-order valence-electron chi connectivity index (χ0n) is 8.67. The summed E-state index contributed by atoms with van der Waals surface area (Å²) in [5.74, 6) is -1.02. The molecular weight excluding hydrogens is 202 g/mol. The lowest BCUT2D eigenvalue weighted by Crippen LogP contribution is -2.24. The Bertz CT molecular complexity index is 269. The summed E-state index contributed by atoms with van der Waals surface area (Å²) in [5, 5.41) is 3.23. The van der Waals surface area contributed by atoms with Gasteiger partial charge in [-0.05, 0) is 12.5 Å². The fourth-order valence-electron chi connectivity index (χ4n) is 0.912. The molecule has 0 aliphatic rings. The third-order valence-corrected chi connectivity index (χ3v) is 1.38. The molecule has 7 nitrogen and oxygen atoms in total. The van der Waals surface area contributed by atoms with Gasteiger partial charge in [-0.3, -0.25) is 9.59 Å². The highest BCUT2D eigenvalue weighted by Crippen LogP contribution is 2.02. The van der Waals surface area contributed by atoms with E-state index in [1.54, 1.807) is 6.92 Å². The van der Waals surface area contributed by atoms with E-state index in [1.807, 2.05) is 0 Å². The van der Waals surface area contributed by atoms with Gasteiger partial charge >= 0.3 is 11.9 Å². The van der Waals surface area contributed by atoms with Crippen molar-refractivity contribution in [3.63, 3.8) is 0 Å². The zero-order chi connectivity index (χ0) is 11.7. The summed E-state index contributed by atoms with van der Waals surface area (Å²) in [6.45, 7) is 3.07. The molecule has 0 aliphatic carbocycles. The maximum atomic E-state index is 11.0. The van der Waals surface area contributed by atoms with Gasteiger partial charge in [-0.25, -0.2) is 0 Å². The van der Waals surface area contributed by atoms with E-state index in [4.69, 9.17) is 10.3 Å². The van der Waals surface area contributed by atoms with Crippen molar-refractivity contribution in [2.24, 2.45) is 5.11 Å². The summed E-state index contributed by atoms with van der Waals surface area (Å²) in [7, 11) is 0. The Morgan fingerprint density at radius 2 is 2.20 bits per heavy atom. The van der Waals surface area contributed by atoms with E-state index in [9.17, 15) is 9.59 Å². The van der Waals surface area contributed by atoms with Gasteiger partial charge in [0.15, 0.2) is 0 Å². The molecular formula is C8H13N3O4. The van der Waals surface area contributed by atoms with Crippen molar-refractivity contribution in [1.29, 1.82) is 0 Å². The molecule has 0 aliphatic heterocycles. The molecule has 84 valence electrons. The summed E-state index contributed by atoms with van der Waals surface area (Å²) >= 11 is 0. The fraction of sp³-hybridized carbons (Fsp3) is 0.750. The van der Waals surface area contributed by atoms with Crippen LogP contribution in [-0.4, -0.2) is 31.2 Å². The first kappa shape index (κ1) is 13.2. The molecule has 0 N–H and O–H groups in total. The molecule has 0 aromatic carbocycles. The summed E-state index contributed by atoms with van der Waals surface area (Å²) in [6, 6.07) is 0. The van der Waals surface area contributed by atoms with Gasteiger partial charge in [0, 0.05) is 11.8 Å². The maximum Gasteiger partial charge on any atom is 0.309 e. The predicted octanol–water partition coefficient (Wildman–Crippen LogP) is 1.18. The fourth-order valence-corrected chi connectivity index (χ4v) is 0.912. The van der Waals surface area contributed by atoms with Crippen LogP contribution in [0.5, 0.6) is 0 Å². The van der Waals surface area contributed by atoms with Crippen LogP contribution in [0, 0.1) is 0 Å². The third-order valence-electron chi connectivity index (χ3n) is 1.38. The standard InChI is InChI=1S/C8H13N3O4/c1-3-14-8(13)4-7(5-10-11-9)15-6(2)12/h7H,3-5H2,1-2H3/t7-/m1/s1. The van der Waals surface area contributed by atoms with Crippen molar-refractivity contribution in [2.75, 3.05) is 13.2 Å². The topological polar surface area (TPSA) is 101 Å². The Balaban J connectivity index is 4.16. The Labute approximate surface area is 87.0 Å². The number of rotatable bonds is 6. The molecule has 0 aromatic rings. The Morgan fingerprint density at radius 3 is 2.67 bits per heavy atom. The van der Waals surface area contributed by atoms with Crippen molar-refractivity contribution < 1.29 is 19.1 Å². The Morgan fingerprint density at radius 1 is 1.53 bits per heavy atom. The van der Waals surface area contributed by atoms with Gasteiger partial charge in [-0.15, -0.1) is 0 Å². The molecule has 0 saturated carbocycles. The molecule has 0 spiro atoms. The van der Waals surface area contributed by atoms with E-state index in [0.29, 0.717) is 0 Å². The minimum Gasteiger partial charge on any atom is -0.466 e. The number of azide groups is 1. The minimum atomic E-state index is -0.752. The molecule has 0 amide bonds. The second-order valence-electron chi connectivity index (χ2n) is 2.65. The SMILES string of the molecule is CCOC(=O)C[C@H](CN=[N+]=[N-])OC(C)=O. The molecule has 0 saturated heterocycles. The average Bonchev–Trinajstić information content (AvgIpc) is 2.13. The van der Waals surface area contributed by atoms with Gasteiger partial charge in [0.2, 0.25) is 0 Å². The average molecular weight is 215 g/mol. The van der Waals surface area contributed by atoms with Gasteiger partial charge in [0.05, 0.1) is 19.6 Å². The van der Waals surface area contributed by atoms with Crippen LogP contribution in [0.15, 0.2) is 5.11 Å². The van der Waals surface area contributed by atoms with Crippen LogP contribution in [-0.2, 0) is 19.1 Å². The van der Waals surface area contributed by atoms with Crippen LogP contribution >= 0.6 is 0 Å². The van der Waals surface area contributed by atoms with E-state index in [1.165, 1.54) is 6.92 Å². The Hall–Kier alpha value is -1.75. The zero-order valence-corrected chi connectivity index (χ0v) is 8.67. The largest absolute Gasteiger partial charge is 0.466 e. The van der Waals surface area contributed by atoms with Crippen LogP contribution in [0.1, 0.15) is 20.3 Å². The number of esters is 2. The predicted molar refractivity (Wildman–Crippen MR) is 50.8 cm³/mol. The van der Waals surface area contributed by atoms with E-state index >= 15 is 0 Å². The summed E-state index contributed by atoms with van der Waals surface area (Å²) in [4.78, 5) is 24.2.